The van der Waals surface area contributed by atoms with E-state index in [2.05, 4.69) is 16.8 Å². The van der Waals surface area contributed by atoms with E-state index in [0.29, 0.717) is 11.3 Å². The third-order valence-electron chi connectivity index (χ3n) is 0.955. The quantitative estimate of drug-likeness (QED) is 0.502. The average Bonchev–Trinajstić information content (AvgIpc) is 2.48. The molecule has 0 aromatic carbocycles. The summed E-state index contributed by atoms with van der Waals surface area (Å²) >= 11 is 0.938. The van der Waals surface area contributed by atoms with Crippen LogP contribution in [0, 0.1) is 11.8 Å². The van der Waals surface area contributed by atoms with Gasteiger partial charge in [-0.3, -0.25) is 4.79 Å². The zero-order valence-corrected chi connectivity index (χ0v) is 6.59. The Labute approximate surface area is 71.9 Å². The Bertz CT molecular complexity index is 371. The highest BCUT2D eigenvalue weighted by Crippen LogP contribution is 2.10. The molecule has 12 heavy (non-hydrogen) atoms. The monoisotopic (exact) mass is 181 g/mol. The van der Waals surface area contributed by atoms with Crippen LogP contribution in [0.3, 0.4) is 0 Å². The predicted octanol–water partition coefficient (Wildman–Crippen LogP) is 0.392. The fourth-order valence-electron chi connectivity index (χ4n) is 0.522. The molecule has 0 aliphatic rings. The van der Waals surface area contributed by atoms with Gasteiger partial charge in [-0.2, -0.15) is 0 Å². The Morgan fingerprint density at radius 3 is 3.00 bits per heavy atom. The summed E-state index contributed by atoms with van der Waals surface area (Å²) in [5.74, 6) is 3.50. The maximum absolute atomic E-state index is 10.3. The number of thiazole rings is 1. The van der Waals surface area contributed by atoms with Crippen LogP contribution in [0.25, 0.3) is 0 Å². The molecule has 1 heterocycles. The van der Waals surface area contributed by atoms with Crippen LogP contribution in [-0.4, -0.2) is 22.3 Å². The Balaban J connectivity index is 2.91. The Hall–Kier alpha value is -1.67. The second-order valence-electron chi connectivity index (χ2n) is 1.72. The summed E-state index contributed by atoms with van der Waals surface area (Å²) < 4.78 is 0. The third kappa shape index (κ3) is 1.90. The van der Waals surface area contributed by atoms with Crippen LogP contribution < -0.4 is 0 Å². The summed E-state index contributed by atoms with van der Waals surface area (Å²) in [6.45, 7) is 0. The number of carboxylic acid groups (broad SMARTS) is 1. The Morgan fingerprint density at radius 1 is 1.75 bits per heavy atom. The summed E-state index contributed by atoms with van der Waals surface area (Å²) in [7, 11) is 0. The van der Waals surface area contributed by atoms with Crippen molar-refractivity contribution in [2.24, 2.45) is 0 Å². The summed E-state index contributed by atoms with van der Waals surface area (Å²) in [5, 5.41) is 8.81. The molecule has 0 saturated heterocycles. The van der Waals surface area contributed by atoms with E-state index in [-0.39, 0.29) is 4.88 Å². The van der Waals surface area contributed by atoms with Gasteiger partial charge in [-0.05, 0) is 11.8 Å². The highest BCUT2D eigenvalue weighted by molar-refractivity contribution is 7.14. The molecule has 0 aliphatic carbocycles. The molecular weight excluding hydrogens is 178 g/mol. The second-order valence-corrected chi connectivity index (χ2v) is 2.75. The van der Waals surface area contributed by atoms with Gasteiger partial charge in [0.15, 0.2) is 11.3 Å². The number of aldehydes is 1. The summed E-state index contributed by atoms with van der Waals surface area (Å²) in [6, 6.07) is 0. The maximum Gasteiger partial charge on any atom is 0.347 e. The molecule has 1 rings (SSSR count). The van der Waals surface area contributed by atoms with Gasteiger partial charge in [-0.1, -0.05) is 11.3 Å². The number of hydrogen-bond acceptors (Lipinski definition) is 4. The molecule has 1 aromatic heterocycles. The van der Waals surface area contributed by atoms with Crippen molar-refractivity contribution in [3.8, 4) is 11.8 Å². The van der Waals surface area contributed by atoms with Gasteiger partial charge < -0.3 is 5.11 Å². The molecule has 1 N–H and O–H groups in total. The molecule has 5 heteroatoms. The zero-order valence-electron chi connectivity index (χ0n) is 5.77. The van der Waals surface area contributed by atoms with E-state index in [0.717, 1.165) is 11.3 Å². The molecule has 0 amide bonds. The molecule has 60 valence electrons. The van der Waals surface area contributed by atoms with Crippen molar-refractivity contribution in [3.05, 3.63) is 16.1 Å². The van der Waals surface area contributed by atoms with Crippen molar-refractivity contribution >= 4 is 23.6 Å². The summed E-state index contributed by atoms with van der Waals surface area (Å²) in [4.78, 5) is 23.9. The highest BCUT2D eigenvalue weighted by Gasteiger charge is 2.05. The normalized spacial score (nSPS) is 8.33. The van der Waals surface area contributed by atoms with E-state index >= 15 is 0 Å². The zero-order chi connectivity index (χ0) is 8.97. The van der Waals surface area contributed by atoms with Crippen molar-refractivity contribution in [3.63, 3.8) is 0 Å². The van der Waals surface area contributed by atoms with Crippen molar-refractivity contribution in [1.29, 1.82) is 0 Å². The van der Waals surface area contributed by atoms with E-state index in [1.807, 2.05) is 0 Å². The highest BCUT2D eigenvalue weighted by atomic mass is 32.1. The minimum atomic E-state index is -1.04. The molecule has 0 unspecified atom stereocenters. The molecule has 0 aliphatic heterocycles. The minimum absolute atomic E-state index is 0.116. The van der Waals surface area contributed by atoms with Crippen LogP contribution in [0.1, 0.15) is 14.7 Å². The fourth-order valence-corrected chi connectivity index (χ4v) is 1.14. The molecule has 0 bridgehead atoms. The number of carbonyl (C=O) groups is 2. The largest absolute Gasteiger partial charge is 0.477 e. The Kier molecular flexibility index (Phi) is 2.56. The lowest BCUT2D eigenvalue weighted by atomic mass is 10.6. The molecular formula is C7H3NO3S. The van der Waals surface area contributed by atoms with Crippen LogP contribution >= 0.6 is 11.3 Å². The molecule has 0 saturated carbocycles. The summed E-state index contributed by atoms with van der Waals surface area (Å²) in [6.07, 6.45) is 1.64. The van der Waals surface area contributed by atoms with Crippen molar-refractivity contribution in [2.45, 2.75) is 0 Å². The first-order valence-corrected chi connectivity index (χ1v) is 3.70. The molecule has 0 spiro atoms. The van der Waals surface area contributed by atoms with Gasteiger partial charge >= 0.3 is 5.97 Å². The maximum atomic E-state index is 10.3. The van der Waals surface area contributed by atoms with Gasteiger partial charge in [-0.15, -0.1) is 0 Å². The van der Waals surface area contributed by atoms with E-state index in [9.17, 15) is 9.59 Å². The predicted molar refractivity (Wildman–Crippen MR) is 42.0 cm³/mol. The number of carbonyl (C=O) groups excluding carboxylic acids is 1. The van der Waals surface area contributed by atoms with E-state index in [4.69, 9.17) is 5.11 Å². The number of hydrogen-bond donors (Lipinski definition) is 1. The lowest BCUT2D eigenvalue weighted by molar-refractivity contribution is -0.103. The average molecular weight is 181 g/mol. The second kappa shape index (κ2) is 3.64. The van der Waals surface area contributed by atoms with Gasteiger partial charge in [0.2, 0.25) is 0 Å². The van der Waals surface area contributed by atoms with Gasteiger partial charge in [0.1, 0.15) is 4.88 Å². The van der Waals surface area contributed by atoms with E-state index in [1.165, 1.54) is 6.20 Å². The minimum Gasteiger partial charge on any atom is -0.477 e. The van der Waals surface area contributed by atoms with Crippen LogP contribution in [0.5, 0.6) is 0 Å². The number of carboxylic acids is 1. The first-order valence-electron chi connectivity index (χ1n) is 2.88. The summed E-state index contributed by atoms with van der Waals surface area (Å²) in [5.41, 5.74) is 0. The topological polar surface area (TPSA) is 67.3 Å². The first-order chi connectivity index (χ1) is 5.74. The lowest BCUT2D eigenvalue weighted by Gasteiger charge is -1.78. The number of aromatic nitrogens is 1. The Morgan fingerprint density at radius 2 is 2.50 bits per heavy atom. The van der Waals surface area contributed by atoms with Gasteiger partial charge in [-0.25, -0.2) is 9.78 Å². The number of nitrogens with zero attached hydrogens (tertiary/aromatic N) is 1. The van der Waals surface area contributed by atoms with Crippen molar-refractivity contribution in [2.75, 3.05) is 0 Å². The van der Waals surface area contributed by atoms with Gasteiger partial charge in [0, 0.05) is 0 Å². The van der Waals surface area contributed by atoms with Crippen molar-refractivity contribution < 1.29 is 14.7 Å². The molecule has 0 fully saturated rings. The van der Waals surface area contributed by atoms with Crippen LogP contribution in [0.15, 0.2) is 6.20 Å². The SMILES string of the molecule is O=CC#Cc1ncc(C(=O)O)s1. The number of rotatable bonds is 1. The standard InChI is InChI=1S/C7H3NO3S/c9-3-1-2-6-8-4-5(12-6)7(10)11/h3-4H,(H,10,11). The fraction of sp³-hybridized carbons (Fsp3) is 0. The van der Waals surface area contributed by atoms with Crippen LogP contribution in [0.4, 0.5) is 0 Å². The van der Waals surface area contributed by atoms with Crippen LogP contribution in [0.2, 0.25) is 0 Å². The molecule has 4 nitrogen and oxygen atoms in total. The van der Waals surface area contributed by atoms with E-state index < -0.39 is 5.97 Å². The van der Waals surface area contributed by atoms with Gasteiger partial charge in [0.25, 0.3) is 0 Å². The smallest absolute Gasteiger partial charge is 0.347 e. The molecule has 0 radical (unpaired) electrons. The number of aromatic carboxylic acids is 1. The van der Waals surface area contributed by atoms with Crippen LogP contribution in [-0.2, 0) is 4.79 Å². The molecule has 0 atom stereocenters. The lowest BCUT2D eigenvalue weighted by Crippen LogP contribution is -1.89. The van der Waals surface area contributed by atoms with Gasteiger partial charge in [0.05, 0.1) is 6.20 Å². The first kappa shape index (κ1) is 8.43. The third-order valence-corrected chi connectivity index (χ3v) is 1.86. The van der Waals surface area contributed by atoms with Crippen molar-refractivity contribution in [1.82, 2.24) is 4.98 Å². The molecule has 1 aromatic rings. The van der Waals surface area contributed by atoms with E-state index in [1.54, 1.807) is 0 Å².